The summed E-state index contributed by atoms with van der Waals surface area (Å²) < 4.78 is 7.34. The van der Waals surface area contributed by atoms with Crippen molar-refractivity contribution in [3.63, 3.8) is 0 Å². The average Bonchev–Trinajstić information content (AvgIpc) is 3.43. The summed E-state index contributed by atoms with van der Waals surface area (Å²) in [6.45, 7) is 9.42. The third kappa shape index (κ3) is 6.57. The molecule has 3 aliphatic carbocycles. The number of amides is 3. The molecule has 5 rings (SSSR count). The highest BCUT2D eigenvalue weighted by molar-refractivity contribution is 5.96. The number of nitrogens with one attached hydrogen (secondary N) is 2. The summed E-state index contributed by atoms with van der Waals surface area (Å²) in [6, 6.07) is -2.27. The highest BCUT2D eigenvalue weighted by atomic mass is 16.6. The lowest BCUT2D eigenvalue weighted by Crippen LogP contribution is -2.59. The van der Waals surface area contributed by atoms with Gasteiger partial charge in [-0.15, -0.1) is 11.7 Å². The monoisotopic (exact) mass is 598 g/mol. The molecule has 43 heavy (non-hydrogen) atoms. The molecule has 12 heteroatoms. The van der Waals surface area contributed by atoms with E-state index in [0.29, 0.717) is 5.92 Å². The second-order valence-corrected chi connectivity index (χ2v) is 13.9. The Bertz CT molecular complexity index is 1230. The Balaban J connectivity index is 1.38. The number of hydrogen-bond donors (Lipinski definition) is 3. The number of carboxylic acids is 1. The molecule has 3 amide bonds. The summed E-state index contributed by atoms with van der Waals surface area (Å²) in [5, 5.41) is 24.3. The van der Waals surface area contributed by atoms with Crippen molar-refractivity contribution in [2.75, 3.05) is 6.54 Å². The van der Waals surface area contributed by atoms with Crippen LogP contribution in [-0.4, -0.2) is 79.1 Å². The zero-order valence-corrected chi connectivity index (χ0v) is 25.6. The molecule has 0 unspecified atom stereocenters. The van der Waals surface area contributed by atoms with Gasteiger partial charge in [0.05, 0.1) is 11.7 Å². The van der Waals surface area contributed by atoms with Gasteiger partial charge in [0.2, 0.25) is 11.8 Å². The number of ether oxygens (including phenoxy) is 1. The third-order valence-electron chi connectivity index (χ3n) is 9.77. The van der Waals surface area contributed by atoms with Gasteiger partial charge in [-0.3, -0.25) is 9.59 Å². The van der Waals surface area contributed by atoms with Crippen LogP contribution in [-0.2, 0) is 19.1 Å². The van der Waals surface area contributed by atoms with Crippen LogP contribution in [0.15, 0.2) is 18.9 Å². The van der Waals surface area contributed by atoms with Crippen LogP contribution in [0, 0.1) is 11.3 Å². The van der Waals surface area contributed by atoms with E-state index in [1.807, 2.05) is 27.0 Å². The molecule has 0 bridgehead atoms. The number of nitrogens with zero attached hydrogens (tertiary/aromatic N) is 4. The minimum Gasteiger partial charge on any atom is -0.479 e. The van der Waals surface area contributed by atoms with Crippen molar-refractivity contribution in [1.29, 1.82) is 0 Å². The first-order chi connectivity index (χ1) is 20.4. The maximum absolute atomic E-state index is 14.2. The summed E-state index contributed by atoms with van der Waals surface area (Å²) >= 11 is 0. The zero-order valence-electron chi connectivity index (χ0n) is 25.6. The predicted octanol–water partition coefficient (Wildman–Crippen LogP) is 3.70. The van der Waals surface area contributed by atoms with Crippen LogP contribution in [0.1, 0.15) is 109 Å². The van der Waals surface area contributed by atoms with Crippen LogP contribution >= 0.6 is 0 Å². The SMILES string of the molecule is C=C[C@@H]1C[C@]1(NC(=O)[C@@H]1C[C@@H](n2cc(C3CCCCC3)nn2)CN1C(=O)[C@@H](NC(=O)OC1CCCC1)C(C)(C)C)C(=O)O. The Morgan fingerprint density at radius 1 is 1.12 bits per heavy atom. The minimum atomic E-state index is -1.43. The average molecular weight is 599 g/mol. The number of carbonyl (C=O) groups excluding carboxylic acids is 3. The molecular formula is C31H46N6O6. The summed E-state index contributed by atoms with van der Waals surface area (Å²) in [7, 11) is 0. The molecule has 0 radical (unpaired) electrons. The number of alkyl carbamates (subject to hydrolysis) is 1. The highest BCUT2D eigenvalue weighted by Gasteiger charge is 2.61. The molecule has 236 valence electrons. The van der Waals surface area contributed by atoms with Gasteiger partial charge in [-0.25, -0.2) is 14.3 Å². The van der Waals surface area contributed by atoms with Crippen molar-refractivity contribution in [2.45, 2.75) is 127 Å². The van der Waals surface area contributed by atoms with E-state index in [-0.39, 0.29) is 31.5 Å². The Kier molecular flexibility index (Phi) is 8.85. The van der Waals surface area contributed by atoms with E-state index in [4.69, 9.17) is 4.74 Å². The van der Waals surface area contributed by atoms with E-state index in [0.717, 1.165) is 57.1 Å². The molecule has 4 fully saturated rings. The molecule has 5 atom stereocenters. The first-order valence-corrected chi connectivity index (χ1v) is 15.8. The van der Waals surface area contributed by atoms with Crippen molar-refractivity contribution in [3.05, 3.63) is 24.5 Å². The fraction of sp³-hybridized carbons (Fsp3) is 0.742. The summed E-state index contributed by atoms with van der Waals surface area (Å²) in [6.07, 6.45) is 12.4. The summed E-state index contributed by atoms with van der Waals surface area (Å²) in [4.78, 5) is 54.5. The number of aliphatic carboxylic acids is 1. The van der Waals surface area contributed by atoms with E-state index >= 15 is 0 Å². The topological polar surface area (TPSA) is 156 Å². The Morgan fingerprint density at radius 2 is 1.79 bits per heavy atom. The van der Waals surface area contributed by atoms with Crippen molar-refractivity contribution >= 4 is 23.9 Å². The number of carbonyl (C=O) groups is 4. The van der Waals surface area contributed by atoms with Crippen LogP contribution in [0.4, 0.5) is 4.79 Å². The van der Waals surface area contributed by atoms with Gasteiger partial charge in [0.15, 0.2) is 0 Å². The van der Waals surface area contributed by atoms with Crippen molar-refractivity contribution in [1.82, 2.24) is 30.5 Å². The molecule has 0 aromatic carbocycles. The maximum atomic E-state index is 14.2. The lowest BCUT2D eigenvalue weighted by atomic mass is 9.85. The van der Waals surface area contributed by atoms with Gasteiger partial charge in [-0.2, -0.15) is 0 Å². The fourth-order valence-electron chi connectivity index (χ4n) is 6.99. The first-order valence-electron chi connectivity index (χ1n) is 15.8. The smallest absolute Gasteiger partial charge is 0.408 e. The highest BCUT2D eigenvalue weighted by Crippen LogP contribution is 2.45. The number of likely N-dealkylation sites (tertiary alicyclic amines) is 1. The molecule has 1 aliphatic heterocycles. The molecule has 1 aromatic rings. The van der Waals surface area contributed by atoms with Crippen molar-refractivity contribution in [3.8, 4) is 0 Å². The van der Waals surface area contributed by atoms with Gasteiger partial charge >= 0.3 is 12.1 Å². The zero-order chi connectivity index (χ0) is 30.9. The van der Waals surface area contributed by atoms with E-state index in [2.05, 4.69) is 27.5 Å². The van der Waals surface area contributed by atoms with Gasteiger partial charge < -0.3 is 25.4 Å². The number of aromatic nitrogens is 3. The molecular weight excluding hydrogens is 552 g/mol. The van der Waals surface area contributed by atoms with Gasteiger partial charge in [-0.05, 0) is 50.4 Å². The molecule has 2 heterocycles. The minimum absolute atomic E-state index is 0.167. The van der Waals surface area contributed by atoms with Crippen LogP contribution in [0.3, 0.4) is 0 Å². The molecule has 1 aromatic heterocycles. The van der Waals surface area contributed by atoms with Gasteiger partial charge in [0, 0.05) is 31.0 Å². The van der Waals surface area contributed by atoms with Crippen LogP contribution in [0.5, 0.6) is 0 Å². The Morgan fingerprint density at radius 3 is 2.40 bits per heavy atom. The Hall–Kier alpha value is -3.44. The number of hydrogen-bond acceptors (Lipinski definition) is 7. The second-order valence-electron chi connectivity index (χ2n) is 13.9. The molecule has 3 N–H and O–H groups in total. The van der Waals surface area contributed by atoms with Crippen LogP contribution in [0.2, 0.25) is 0 Å². The largest absolute Gasteiger partial charge is 0.479 e. The molecule has 3 saturated carbocycles. The van der Waals surface area contributed by atoms with Crippen molar-refractivity contribution < 1.29 is 29.0 Å². The van der Waals surface area contributed by atoms with Crippen LogP contribution < -0.4 is 10.6 Å². The number of rotatable bonds is 9. The van der Waals surface area contributed by atoms with E-state index < -0.39 is 52.8 Å². The number of carboxylic acid groups (broad SMARTS) is 1. The lowest BCUT2D eigenvalue weighted by molar-refractivity contribution is -0.146. The molecule has 0 spiro atoms. The first kappa shape index (κ1) is 31.0. The van der Waals surface area contributed by atoms with E-state index in [9.17, 15) is 24.3 Å². The normalized spacial score (nSPS) is 28.7. The second kappa shape index (κ2) is 12.3. The maximum Gasteiger partial charge on any atom is 0.408 e. The fourth-order valence-corrected chi connectivity index (χ4v) is 6.99. The van der Waals surface area contributed by atoms with E-state index in [1.54, 1.807) is 4.68 Å². The summed E-state index contributed by atoms with van der Waals surface area (Å²) in [5.74, 6) is -2.14. The van der Waals surface area contributed by atoms with Gasteiger partial charge in [0.25, 0.3) is 0 Å². The molecule has 12 nitrogen and oxygen atoms in total. The van der Waals surface area contributed by atoms with Crippen LogP contribution in [0.25, 0.3) is 0 Å². The molecule has 1 saturated heterocycles. The van der Waals surface area contributed by atoms with Crippen molar-refractivity contribution in [2.24, 2.45) is 11.3 Å². The van der Waals surface area contributed by atoms with E-state index in [1.165, 1.54) is 17.4 Å². The Labute approximate surface area is 253 Å². The van der Waals surface area contributed by atoms with Gasteiger partial charge in [-0.1, -0.05) is 51.3 Å². The molecule has 4 aliphatic rings. The third-order valence-corrected chi connectivity index (χ3v) is 9.77. The standard InChI is InChI=1S/C31H46N6O6/c1-5-20-16-31(20,28(40)41)33-26(38)24-15-21(37-18-23(34-35-37)19-11-7-6-8-12-19)17-36(24)27(39)25(30(2,3)4)32-29(42)43-22-13-9-10-14-22/h5,18-22,24-25H,1,6-17H2,2-4H3,(H,32,42)(H,33,38)(H,40,41)/t20-,21-,24+,25-,31-/m1/s1. The lowest BCUT2D eigenvalue weighted by Gasteiger charge is -2.35. The quantitative estimate of drug-likeness (QED) is 0.364. The predicted molar refractivity (Wildman–Crippen MR) is 157 cm³/mol. The summed E-state index contributed by atoms with van der Waals surface area (Å²) in [5.41, 5.74) is -1.20. The van der Waals surface area contributed by atoms with Gasteiger partial charge in [0.1, 0.15) is 23.7 Å².